The fraction of sp³-hybridized carbons (Fsp3) is 0.286. The van der Waals surface area contributed by atoms with Crippen molar-refractivity contribution in [2.75, 3.05) is 0 Å². The number of halogens is 1. The van der Waals surface area contributed by atoms with Crippen LogP contribution in [0.2, 0.25) is 0 Å². The minimum Gasteiger partial charge on any atom is -0.279 e. The van der Waals surface area contributed by atoms with Gasteiger partial charge in [0.1, 0.15) is 17.3 Å². The Kier molecular flexibility index (Phi) is 4.42. The van der Waals surface area contributed by atoms with Crippen LogP contribution in [-0.4, -0.2) is 14.4 Å². The van der Waals surface area contributed by atoms with Gasteiger partial charge in [-0.15, -0.1) is 0 Å². The number of imidazole rings is 1. The van der Waals surface area contributed by atoms with E-state index in [4.69, 9.17) is 9.97 Å². The van der Waals surface area contributed by atoms with E-state index < -0.39 is 0 Å². The number of hydrogen-bond acceptors (Lipinski definition) is 2. The second kappa shape index (κ2) is 6.86. The molecule has 2 aromatic heterocycles. The van der Waals surface area contributed by atoms with E-state index >= 15 is 4.39 Å². The van der Waals surface area contributed by atoms with Gasteiger partial charge in [-0.3, -0.25) is 4.40 Å². The second-order valence-electron chi connectivity index (χ2n) is 9.97. The maximum atomic E-state index is 15.4. The number of hydrogen-bond donors (Lipinski definition) is 0. The molecule has 0 N–H and O–H groups in total. The lowest BCUT2D eigenvalue weighted by Gasteiger charge is -2.22. The van der Waals surface area contributed by atoms with Gasteiger partial charge in [-0.2, -0.15) is 0 Å². The van der Waals surface area contributed by atoms with Gasteiger partial charge < -0.3 is 0 Å². The summed E-state index contributed by atoms with van der Waals surface area (Å²) in [4.78, 5) is 10.2. The summed E-state index contributed by atoms with van der Waals surface area (Å²) >= 11 is 0. The van der Waals surface area contributed by atoms with Crippen LogP contribution in [0.4, 0.5) is 4.39 Å². The normalized spacial score (nSPS) is 12.4. The summed E-state index contributed by atoms with van der Waals surface area (Å²) in [5, 5.41) is 0.864. The molecular weight excluding hydrogens is 397 g/mol. The number of rotatable bonds is 1. The number of aryl methyl sites for hydroxylation is 4. The molecule has 5 rings (SSSR count). The highest BCUT2D eigenvalue weighted by Crippen LogP contribution is 2.38. The summed E-state index contributed by atoms with van der Waals surface area (Å²) in [6, 6.07) is 13.8. The standard InChI is InChI=1S/C28H28FN3/c1-15-9-8-10-16(2)23(15)24-20(29)12-11-19-25(24)31-27(28(5,6)7)32-22-14-18(4)17(3)13-21(22)30-26(19)32/h8-14H,1-7H3. The van der Waals surface area contributed by atoms with E-state index in [9.17, 15) is 0 Å². The van der Waals surface area contributed by atoms with Crippen molar-refractivity contribution in [1.82, 2.24) is 14.4 Å². The zero-order valence-corrected chi connectivity index (χ0v) is 19.8. The van der Waals surface area contributed by atoms with Crippen molar-refractivity contribution in [3.8, 4) is 11.1 Å². The highest BCUT2D eigenvalue weighted by Gasteiger charge is 2.26. The zero-order chi connectivity index (χ0) is 22.9. The number of fused-ring (bicyclic) bond motifs is 5. The molecule has 4 heteroatoms. The van der Waals surface area contributed by atoms with Crippen molar-refractivity contribution in [3.05, 3.63) is 76.4 Å². The van der Waals surface area contributed by atoms with Gasteiger partial charge in [0, 0.05) is 16.4 Å². The lowest BCUT2D eigenvalue weighted by Crippen LogP contribution is -2.19. The SMILES string of the molecule is Cc1cc2nc3c4ccc(F)c(-c5c(C)cccc5C)c4nc(C(C)(C)C)n3c2cc1C. The fourth-order valence-corrected chi connectivity index (χ4v) is 4.70. The van der Waals surface area contributed by atoms with Crippen LogP contribution in [0.5, 0.6) is 0 Å². The van der Waals surface area contributed by atoms with Crippen LogP contribution in [0.15, 0.2) is 42.5 Å². The topological polar surface area (TPSA) is 30.2 Å². The van der Waals surface area contributed by atoms with Crippen molar-refractivity contribution < 1.29 is 4.39 Å². The smallest absolute Gasteiger partial charge is 0.148 e. The van der Waals surface area contributed by atoms with Gasteiger partial charge in [0.25, 0.3) is 0 Å². The van der Waals surface area contributed by atoms with Crippen molar-refractivity contribution in [1.29, 1.82) is 0 Å². The monoisotopic (exact) mass is 425 g/mol. The molecule has 5 aromatic rings. The Labute approximate surface area is 187 Å². The zero-order valence-electron chi connectivity index (χ0n) is 19.8. The summed E-state index contributed by atoms with van der Waals surface area (Å²) in [6.07, 6.45) is 0. The number of benzene rings is 3. The summed E-state index contributed by atoms with van der Waals surface area (Å²) in [7, 11) is 0. The molecule has 32 heavy (non-hydrogen) atoms. The molecule has 0 aliphatic carbocycles. The third kappa shape index (κ3) is 2.93. The second-order valence-corrected chi connectivity index (χ2v) is 9.97. The summed E-state index contributed by atoms with van der Waals surface area (Å²) in [5.74, 6) is 0.623. The Morgan fingerprint density at radius 3 is 2.09 bits per heavy atom. The highest BCUT2D eigenvalue weighted by atomic mass is 19.1. The molecule has 0 spiro atoms. The number of aromatic nitrogens is 3. The van der Waals surface area contributed by atoms with E-state index in [0.717, 1.165) is 44.6 Å². The summed E-state index contributed by atoms with van der Waals surface area (Å²) in [6.45, 7) is 14.7. The van der Waals surface area contributed by atoms with Gasteiger partial charge in [0.15, 0.2) is 0 Å². The van der Waals surface area contributed by atoms with Crippen LogP contribution < -0.4 is 0 Å². The Bertz CT molecular complexity index is 1530. The Balaban J connectivity index is 2.05. The largest absolute Gasteiger partial charge is 0.279 e. The quantitative estimate of drug-likeness (QED) is 0.281. The first-order chi connectivity index (χ1) is 15.1. The summed E-state index contributed by atoms with van der Waals surface area (Å²) < 4.78 is 17.6. The molecule has 0 bridgehead atoms. The molecule has 0 aliphatic heterocycles. The molecule has 0 amide bonds. The maximum absolute atomic E-state index is 15.4. The van der Waals surface area contributed by atoms with E-state index in [2.05, 4.69) is 51.2 Å². The van der Waals surface area contributed by atoms with Crippen molar-refractivity contribution >= 4 is 27.6 Å². The molecule has 2 heterocycles. The Morgan fingerprint density at radius 2 is 1.44 bits per heavy atom. The average molecular weight is 426 g/mol. The van der Waals surface area contributed by atoms with Gasteiger partial charge in [0.05, 0.1) is 16.6 Å². The van der Waals surface area contributed by atoms with Crippen LogP contribution in [-0.2, 0) is 5.41 Å². The third-order valence-electron chi connectivity index (χ3n) is 6.47. The van der Waals surface area contributed by atoms with Crippen LogP contribution in [0.25, 0.3) is 38.7 Å². The first-order valence-corrected chi connectivity index (χ1v) is 11.1. The molecule has 0 atom stereocenters. The minimum atomic E-state index is -0.261. The summed E-state index contributed by atoms with van der Waals surface area (Å²) in [5.41, 5.74) is 9.18. The molecule has 0 fully saturated rings. The van der Waals surface area contributed by atoms with Crippen molar-refractivity contribution in [2.24, 2.45) is 0 Å². The van der Waals surface area contributed by atoms with Crippen LogP contribution in [0.1, 0.15) is 48.8 Å². The molecule has 3 aromatic carbocycles. The fourth-order valence-electron chi connectivity index (χ4n) is 4.70. The maximum Gasteiger partial charge on any atom is 0.148 e. The molecule has 0 radical (unpaired) electrons. The molecule has 0 saturated heterocycles. The van der Waals surface area contributed by atoms with E-state index in [1.54, 1.807) is 6.07 Å². The van der Waals surface area contributed by atoms with Gasteiger partial charge in [-0.1, -0.05) is 39.0 Å². The number of nitrogens with zero attached hydrogens (tertiary/aromatic N) is 3. The van der Waals surface area contributed by atoms with Gasteiger partial charge in [0.2, 0.25) is 0 Å². The molecule has 0 aliphatic rings. The van der Waals surface area contributed by atoms with Gasteiger partial charge in [-0.05, 0) is 79.8 Å². The minimum absolute atomic E-state index is 0.255. The highest BCUT2D eigenvalue weighted by molar-refractivity contribution is 6.04. The molecule has 162 valence electrons. The predicted molar refractivity (Wildman–Crippen MR) is 131 cm³/mol. The first-order valence-electron chi connectivity index (χ1n) is 11.1. The predicted octanol–water partition coefficient (Wildman–Crippen LogP) is 7.37. The first kappa shape index (κ1) is 20.6. The third-order valence-corrected chi connectivity index (χ3v) is 6.47. The Hall–Kier alpha value is -3.27. The van der Waals surface area contributed by atoms with E-state index in [1.807, 2.05) is 38.1 Å². The van der Waals surface area contributed by atoms with E-state index in [1.165, 1.54) is 11.1 Å². The molecule has 3 nitrogen and oxygen atoms in total. The van der Waals surface area contributed by atoms with Crippen molar-refractivity contribution in [2.45, 2.75) is 53.9 Å². The van der Waals surface area contributed by atoms with E-state index in [-0.39, 0.29) is 11.2 Å². The Morgan fingerprint density at radius 1 is 0.781 bits per heavy atom. The van der Waals surface area contributed by atoms with Crippen LogP contribution >= 0.6 is 0 Å². The lowest BCUT2D eigenvalue weighted by atomic mass is 9.92. The molecular formula is C28H28FN3. The van der Waals surface area contributed by atoms with Gasteiger partial charge >= 0.3 is 0 Å². The van der Waals surface area contributed by atoms with Crippen LogP contribution in [0, 0.1) is 33.5 Å². The molecule has 0 unspecified atom stereocenters. The van der Waals surface area contributed by atoms with Crippen LogP contribution in [0.3, 0.4) is 0 Å². The average Bonchev–Trinajstić information content (AvgIpc) is 3.06. The van der Waals surface area contributed by atoms with Gasteiger partial charge in [-0.25, -0.2) is 14.4 Å². The van der Waals surface area contributed by atoms with Crippen molar-refractivity contribution in [3.63, 3.8) is 0 Å². The molecule has 0 saturated carbocycles. The lowest BCUT2D eigenvalue weighted by molar-refractivity contribution is 0.542. The van der Waals surface area contributed by atoms with E-state index in [0.29, 0.717) is 11.1 Å².